The maximum absolute atomic E-state index is 8.99. The van der Waals surface area contributed by atoms with Crippen molar-refractivity contribution in [2.75, 3.05) is 0 Å². The standard InChI is InChI=1S/C11H8ClN3/c1-8-6-14-15(7-8)11-4-2-3-10(12)9(11)5-13/h2-4,6-7H,1H3. The Bertz CT molecular complexity index is 537. The van der Waals surface area contributed by atoms with Crippen LogP contribution in [0.1, 0.15) is 11.1 Å². The van der Waals surface area contributed by atoms with Crippen LogP contribution in [-0.4, -0.2) is 9.78 Å². The monoisotopic (exact) mass is 217 g/mol. The Hall–Kier alpha value is -1.79. The van der Waals surface area contributed by atoms with Crippen molar-refractivity contribution in [1.82, 2.24) is 9.78 Å². The second-order valence-corrected chi connectivity index (χ2v) is 3.62. The zero-order valence-corrected chi connectivity index (χ0v) is 8.86. The molecule has 4 heteroatoms. The average Bonchev–Trinajstić information content (AvgIpc) is 2.64. The first-order valence-electron chi connectivity index (χ1n) is 4.42. The minimum atomic E-state index is 0.447. The van der Waals surface area contributed by atoms with E-state index in [1.807, 2.05) is 19.2 Å². The van der Waals surface area contributed by atoms with Gasteiger partial charge in [-0.1, -0.05) is 17.7 Å². The molecule has 0 radical (unpaired) electrons. The first kappa shape index (κ1) is 9.75. The molecule has 1 heterocycles. The van der Waals surface area contributed by atoms with E-state index in [1.165, 1.54) is 0 Å². The third-order valence-electron chi connectivity index (χ3n) is 2.06. The highest BCUT2D eigenvalue weighted by Crippen LogP contribution is 2.21. The molecular weight excluding hydrogens is 210 g/mol. The molecule has 0 saturated carbocycles. The topological polar surface area (TPSA) is 41.6 Å². The van der Waals surface area contributed by atoms with Crippen molar-refractivity contribution in [3.63, 3.8) is 0 Å². The summed E-state index contributed by atoms with van der Waals surface area (Å²) in [5.41, 5.74) is 2.19. The highest BCUT2D eigenvalue weighted by molar-refractivity contribution is 6.32. The zero-order valence-electron chi connectivity index (χ0n) is 8.11. The van der Waals surface area contributed by atoms with E-state index in [0.717, 1.165) is 5.56 Å². The van der Waals surface area contributed by atoms with Crippen LogP contribution in [0.2, 0.25) is 5.02 Å². The Balaban J connectivity index is 2.63. The van der Waals surface area contributed by atoms with Gasteiger partial charge in [-0.25, -0.2) is 4.68 Å². The van der Waals surface area contributed by atoms with E-state index in [4.69, 9.17) is 16.9 Å². The molecule has 0 aliphatic carbocycles. The maximum Gasteiger partial charge on any atom is 0.103 e. The summed E-state index contributed by atoms with van der Waals surface area (Å²) in [5.74, 6) is 0. The molecule has 2 rings (SSSR count). The van der Waals surface area contributed by atoms with Crippen molar-refractivity contribution >= 4 is 11.6 Å². The smallest absolute Gasteiger partial charge is 0.103 e. The van der Waals surface area contributed by atoms with Crippen molar-refractivity contribution in [3.8, 4) is 11.8 Å². The van der Waals surface area contributed by atoms with Gasteiger partial charge in [0.05, 0.1) is 22.5 Å². The van der Waals surface area contributed by atoms with Crippen molar-refractivity contribution in [2.24, 2.45) is 0 Å². The van der Waals surface area contributed by atoms with Gasteiger partial charge in [0.1, 0.15) is 6.07 Å². The van der Waals surface area contributed by atoms with Crippen LogP contribution in [0.4, 0.5) is 0 Å². The summed E-state index contributed by atoms with van der Waals surface area (Å²) in [6.45, 7) is 1.94. The normalized spacial score (nSPS) is 9.93. The predicted octanol–water partition coefficient (Wildman–Crippen LogP) is 2.71. The molecule has 0 amide bonds. The van der Waals surface area contributed by atoms with Crippen LogP contribution >= 0.6 is 11.6 Å². The number of benzene rings is 1. The molecule has 0 N–H and O–H groups in total. The van der Waals surface area contributed by atoms with Crippen LogP contribution in [-0.2, 0) is 0 Å². The molecule has 0 unspecified atom stereocenters. The highest BCUT2D eigenvalue weighted by atomic mass is 35.5. The number of aryl methyl sites for hydroxylation is 1. The van der Waals surface area contributed by atoms with Gasteiger partial charge in [0, 0.05) is 6.20 Å². The van der Waals surface area contributed by atoms with Gasteiger partial charge in [0.15, 0.2) is 0 Å². The fourth-order valence-corrected chi connectivity index (χ4v) is 1.57. The molecular formula is C11H8ClN3. The summed E-state index contributed by atoms with van der Waals surface area (Å²) >= 11 is 5.92. The van der Waals surface area contributed by atoms with Gasteiger partial charge in [0.25, 0.3) is 0 Å². The Kier molecular flexibility index (Phi) is 2.44. The lowest BCUT2D eigenvalue weighted by atomic mass is 10.2. The molecule has 0 atom stereocenters. The summed E-state index contributed by atoms with van der Waals surface area (Å²) in [7, 11) is 0. The van der Waals surface area contributed by atoms with Crippen LogP contribution in [0.25, 0.3) is 5.69 Å². The van der Waals surface area contributed by atoms with Gasteiger partial charge in [-0.05, 0) is 24.6 Å². The number of aromatic nitrogens is 2. The fourth-order valence-electron chi connectivity index (χ4n) is 1.36. The summed E-state index contributed by atoms with van der Waals surface area (Å²) in [6, 6.07) is 7.39. The molecule has 0 aliphatic heterocycles. The summed E-state index contributed by atoms with van der Waals surface area (Å²) in [4.78, 5) is 0. The molecule has 74 valence electrons. The van der Waals surface area contributed by atoms with Crippen LogP contribution in [0.15, 0.2) is 30.6 Å². The van der Waals surface area contributed by atoms with Crippen LogP contribution in [0.5, 0.6) is 0 Å². The lowest BCUT2D eigenvalue weighted by Crippen LogP contribution is -1.97. The van der Waals surface area contributed by atoms with Crippen molar-refractivity contribution in [1.29, 1.82) is 5.26 Å². The van der Waals surface area contributed by atoms with Gasteiger partial charge in [-0.15, -0.1) is 0 Å². The van der Waals surface area contributed by atoms with Gasteiger partial charge >= 0.3 is 0 Å². The van der Waals surface area contributed by atoms with Crippen molar-refractivity contribution < 1.29 is 0 Å². The number of nitriles is 1. The van der Waals surface area contributed by atoms with Gasteiger partial charge in [-0.3, -0.25) is 0 Å². The van der Waals surface area contributed by atoms with E-state index in [-0.39, 0.29) is 0 Å². The van der Waals surface area contributed by atoms with Gasteiger partial charge < -0.3 is 0 Å². The number of nitrogens with zero attached hydrogens (tertiary/aromatic N) is 3. The molecule has 15 heavy (non-hydrogen) atoms. The summed E-state index contributed by atoms with van der Waals surface area (Å²) < 4.78 is 1.65. The molecule has 1 aromatic heterocycles. The van der Waals surface area contributed by atoms with E-state index in [0.29, 0.717) is 16.3 Å². The lowest BCUT2D eigenvalue weighted by molar-refractivity contribution is 0.877. The molecule has 1 aromatic carbocycles. The Morgan fingerprint density at radius 2 is 2.27 bits per heavy atom. The second kappa shape index (κ2) is 3.76. The van der Waals surface area contributed by atoms with Gasteiger partial charge in [0.2, 0.25) is 0 Å². The van der Waals surface area contributed by atoms with E-state index in [9.17, 15) is 0 Å². The van der Waals surface area contributed by atoms with Crippen LogP contribution in [0.3, 0.4) is 0 Å². The third kappa shape index (κ3) is 1.72. The Labute approximate surface area is 92.5 Å². The molecule has 0 bridgehead atoms. The average molecular weight is 218 g/mol. The number of rotatable bonds is 1. The van der Waals surface area contributed by atoms with Crippen LogP contribution < -0.4 is 0 Å². The summed E-state index contributed by atoms with van der Waals surface area (Å²) in [5, 5.41) is 13.6. The maximum atomic E-state index is 8.99. The third-order valence-corrected chi connectivity index (χ3v) is 2.38. The molecule has 0 spiro atoms. The van der Waals surface area contributed by atoms with Crippen molar-refractivity contribution in [2.45, 2.75) is 6.92 Å². The Morgan fingerprint density at radius 1 is 1.47 bits per heavy atom. The fraction of sp³-hybridized carbons (Fsp3) is 0.0909. The van der Waals surface area contributed by atoms with Crippen LogP contribution in [0, 0.1) is 18.3 Å². The van der Waals surface area contributed by atoms with E-state index >= 15 is 0 Å². The SMILES string of the molecule is Cc1cnn(-c2cccc(Cl)c2C#N)c1. The highest BCUT2D eigenvalue weighted by Gasteiger charge is 2.08. The van der Waals surface area contributed by atoms with E-state index < -0.39 is 0 Å². The molecule has 0 fully saturated rings. The van der Waals surface area contributed by atoms with E-state index in [1.54, 1.807) is 23.0 Å². The molecule has 0 saturated heterocycles. The van der Waals surface area contributed by atoms with Crippen molar-refractivity contribution in [3.05, 3.63) is 46.7 Å². The Morgan fingerprint density at radius 3 is 2.87 bits per heavy atom. The number of hydrogen-bond acceptors (Lipinski definition) is 2. The lowest BCUT2D eigenvalue weighted by Gasteiger charge is -2.04. The minimum absolute atomic E-state index is 0.447. The first-order chi connectivity index (χ1) is 7.22. The van der Waals surface area contributed by atoms with E-state index in [2.05, 4.69) is 11.2 Å². The van der Waals surface area contributed by atoms with Gasteiger partial charge in [-0.2, -0.15) is 10.4 Å². The quantitative estimate of drug-likeness (QED) is 0.737. The summed E-state index contributed by atoms with van der Waals surface area (Å²) in [6.07, 6.45) is 3.59. The molecule has 0 aliphatic rings. The second-order valence-electron chi connectivity index (χ2n) is 3.21. The predicted molar refractivity (Wildman–Crippen MR) is 58.0 cm³/mol. The zero-order chi connectivity index (χ0) is 10.8. The number of hydrogen-bond donors (Lipinski definition) is 0. The first-order valence-corrected chi connectivity index (χ1v) is 4.80. The number of halogens is 1. The largest absolute Gasteiger partial charge is 0.239 e. The molecule has 2 aromatic rings. The minimum Gasteiger partial charge on any atom is -0.239 e. The molecule has 3 nitrogen and oxygen atoms in total.